The molecule has 0 aliphatic carbocycles. The molecule has 0 amide bonds. The van der Waals surface area contributed by atoms with E-state index in [4.69, 9.17) is 8.83 Å². The molecular formula is C26H12F6O5. The number of aromatic hydroxyl groups is 1. The molecule has 5 nitrogen and oxygen atoms in total. The predicted octanol–water partition coefficient (Wildman–Crippen LogP) is 6.98. The largest absolute Gasteiger partial charge is 0.507 e. The third-order valence-corrected chi connectivity index (χ3v) is 5.81. The van der Waals surface area contributed by atoms with E-state index in [1.54, 1.807) is 0 Å². The first kappa shape index (κ1) is 24.2. The smallest absolute Gasteiger partial charge is 0.416 e. The standard InChI is InChI=1S/C26H12F6O5/c27-25(28,29)14-5-1-12(2-6-14)16-10-36-19-9-18(33)20-22(34)17(11-37-24(20)21(19)23(16)35)13-3-7-15(8-4-13)26(30,31)32/h1-11,33H. The Labute approximate surface area is 201 Å². The second-order valence-corrected chi connectivity index (χ2v) is 8.08. The number of phenolic OH excluding ortho intramolecular Hbond substituents is 1. The second kappa shape index (κ2) is 8.26. The fourth-order valence-electron chi connectivity index (χ4n) is 3.96. The predicted molar refractivity (Wildman–Crippen MR) is 121 cm³/mol. The quantitative estimate of drug-likeness (QED) is 0.202. The zero-order valence-electron chi connectivity index (χ0n) is 18.2. The van der Waals surface area contributed by atoms with E-state index in [0.29, 0.717) is 0 Å². The van der Waals surface area contributed by atoms with Crippen molar-refractivity contribution in [1.82, 2.24) is 0 Å². The molecule has 0 spiro atoms. The van der Waals surface area contributed by atoms with E-state index in [1.165, 1.54) is 0 Å². The minimum atomic E-state index is -4.58. The van der Waals surface area contributed by atoms with Gasteiger partial charge >= 0.3 is 12.4 Å². The molecule has 0 saturated heterocycles. The number of phenols is 1. The van der Waals surface area contributed by atoms with Gasteiger partial charge in [-0.25, -0.2) is 0 Å². The highest BCUT2D eigenvalue weighted by Gasteiger charge is 2.31. The summed E-state index contributed by atoms with van der Waals surface area (Å²) in [7, 11) is 0. The second-order valence-electron chi connectivity index (χ2n) is 8.08. The van der Waals surface area contributed by atoms with E-state index in [2.05, 4.69) is 0 Å². The SMILES string of the molecule is O=c1c(-c2ccc(C(F)(F)F)cc2)coc2c1c(O)cc1occ(-c3ccc(C(F)(F)F)cc3)c(=O)c12. The van der Waals surface area contributed by atoms with Crippen LogP contribution in [0.4, 0.5) is 26.3 Å². The molecule has 0 atom stereocenters. The summed E-state index contributed by atoms with van der Waals surface area (Å²) in [5.41, 5.74) is -4.02. The van der Waals surface area contributed by atoms with Crippen LogP contribution in [-0.2, 0) is 12.4 Å². The van der Waals surface area contributed by atoms with Crippen LogP contribution in [0.2, 0.25) is 0 Å². The van der Waals surface area contributed by atoms with Crippen LogP contribution in [-0.4, -0.2) is 5.11 Å². The first-order chi connectivity index (χ1) is 17.4. The van der Waals surface area contributed by atoms with E-state index >= 15 is 0 Å². The van der Waals surface area contributed by atoms with Gasteiger partial charge in [-0.3, -0.25) is 9.59 Å². The number of hydrogen-bond acceptors (Lipinski definition) is 5. The van der Waals surface area contributed by atoms with Crippen molar-refractivity contribution >= 4 is 21.9 Å². The molecule has 5 aromatic rings. The molecule has 188 valence electrons. The maximum absolute atomic E-state index is 13.3. The third-order valence-electron chi connectivity index (χ3n) is 5.81. The van der Waals surface area contributed by atoms with Crippen molar-refractivity contribution in [3.8, 4) is 28.0 Å². The molecule has 0 aliphatic rings. The first-order valence-corrected chi connectivity index (χ1v) is 10.4. The van der Waals surface area contributed by atoms with Crippen molar-refractivity contribution in [1.29, 1.82) is 0 Å². The van der Waals surface area contributed by atoms with Crippen LogP contribution in [0.15, 0.2) is 85.5 Å². The minimum Gasteiger partial charge on any atom is -0.507 e. The summed E-state index contributed by atoms with van der Waals surface area (Å²) in [6.45, 7) is 0. The Hall–Kier alpha value is -4.54. The summed E-state index contributed by atoms with van der Waals surface area (Å²) in [6.07, 6.45) is -7.21. The molecule has 37 heavy (non-hydrogen) atoms. The summed E-state index contributed by atoms with van der Waals surface area (Å²) in [5.74, 6) is -0.601. The number of benzene rings is 3. The van der Waals surface area contributed by atoms with Gasteiger partial charge in [0.25, 0.3) is 0 Å². The monoisotopic (exact) mass is 518 g/mol. The molecule has 0 aliphatic heterocycles. The maximum atomic E-state index is 13.3. The van der Waals surface area contributed by atoms with Gasteiger partial charge in [0.1, 0.15) is 34.6 Å². The summed E-state index contributed by atoms with van der Waals surface area (Å²) >= 11 is 0. The zero-order valence-corrected chi connectivity index (χ0v) is 18.2. The molecular weight excluding hydrogens is 506 g/mol. The van der Waals surface area contributed by atoms with Crippen LogP contribution in [0.5, 0.6) is 5.75 Å². The third kappa shape index (κ3) is 4.11. The minimum absolute atomic E-state index is 0.0775. The summed E-state index contributed by atoms with van der Waals surface area (Å²) in [5, 5.41) is 9.82. The molecule has 0 radical (unpaired) electrons. The maximum Gasteiger partial charge on any atom is 0.416 e. The van der Waals surface area contributed by atoms with Crippen molar-refractivity contribution < 1.29 is 40.3 Å². The lowest BCUT2D eigenvalue weighted by atomic mass is 10.0. The number of fused-ring (bicyclic) bond motifs is 3. The lowest BCUT2D eigenvalue weighted by Gasteiger charge is -2.10. The topological polar surface area (TPSA) is 80.7 Å². The number of rotatable bonds is 2. The highest BCUT2D eigenvalue weighted by atomic mass is 19.4. The van der Waals surface area contributed by atoms with Gasteiger partial charge in [-0.1, -0.05) is 24.3 Å². The number of halogens is 6. The molecule has 2 aromatic heterocycles. The molecule has 0 bridgehead atoms. The van der Waals surface area contributed by atoms with Crippen LogP contribution in [0, 0.1) is 0 Å². The van der Waals surface area contributed by atoms with Crippen LogP contribution in [0.1, 0.15) is 11.1 Å². The summed E-state index contributed by atoms with van der Waals surface area (Å²) in [4.78, 5) is 26.5. The van der Waals surface area contributed by atoms with Crippen molar-refractivity contribution in [2.24, 2.45) is 0 Å². The number of alkyl halides is 6. The Kier molecular flexibility index (Phi) is 5.39. The fraction of sp³-hybridized carbons (Fsp3) is 0.0769. The Morgan fingerprint density at radius 2 is 1.05 bits per heavy atom. The van der Waals surface area contributed by atoms with Crippen LogP contribution in [0.3, 0.4) is 0 Å². The van der Waals surface area contributed by atoms with Gasteiger partial charge < -0.3 is 13.9 Å². The van der Waals surface area contributed by atoms with E-state index in [9.17, 15) is 41.0 Å². The Bertz CT molecular complexity index is 1780. The van der Waals surface area contributed by atoms with Crippen LogP contribution in [0.25, 0.3) is 44.2 Å². The van der Waals surface area contributed by atoms with Crippen molar-refractivity contribution in [3.05, 3.63) is 98.7 Å². The Balaban J connectivity index is 1.70. The molecule has 0 unspecified atom stereocenters. The molecule has 3 aromatic carbocycles. The average Bonchev–Trinajstić information content (AvgIpc) is 2.83. The number of hydrogen-bond donors (Lipinski definition) is 1. The van der Waals surface area contributed by atoms with E-state index < -0.39 is 45.5 Å². The first-order valence-electron chi connectivity index (χ1n) is 10.4. The van der Waals surface area contributed by atoms with Crippen LogP contribution < -0.4 is 10.9 Å². The molecule has 5 rings (SSSR count). The van der Waals surface area contributed by atoms with Crippen molar-refractivity contribution in [2.75, 3.05) is 0 Å². The summed E-state index contributed by atoms with van der Waals surface area (Å²) < 4.78 is 88.2. The van der Waals surface area contributed by atoms with E-state index in [-0.39, 0.29) is 38.8 Å². The average molecular weight is 518 g/mol. The Morgan fingerprint density at radius 1 is 0.622 bits per heavy atom. The molecule has 1 N–H and O–H groups in total. The Morgan fingerprint density at radius 3 is 1.51 bits per heavy atom. The lowest BCUT2D eigenvalue weighted by molar-refractivity contribution is -0.138. The van der Waals surface area contributed by atoms with Gasteiger partial charge in [-0.2, -0.15) is 26.3 Å². The lowest BCUT2D eigenvalue weighted by Crippen LogP contribution is -2.10. The zero-order chi connectivity index (χ0) is 26.7. The van der Waals surface area contributed by atoms with Crippen molar-refractivity contribution in [2.45, 2.75) is 12.4 Å². The molecule has 2 heterocycles. The summed E-state index contributed by atoms with van der Waals surface area (Å²) in [6, 6.07) is 8.46. The van der Waals surface area contributed by atoms with Gasteiger partial charge in [0, 0.05) is 6.07 Å². The van der Waals surface area contributed by atoms with Gasteiger partial charge in [-0.05, 0) is 35.4 Å². The highest BCUT2D eigenvalue weighted by Crippen LogP contribution is 2.35. The van der Waals surface area contributed by atoms with Crippen LogP contribution >= 0.6 is 0 Å². The van der Waals surface area contributed by atoms with Gasteiger partial charge in [0.05, 0.1) is 22.3 Å². The van der Waals surface area contributed by atoms with E-state index in [1.807, 2.05) is 0 Å². The van der Waals surface area contributed by atoms with Crippen molar-refractivity contribution in [3.63, 3.8) is 0 Å². The highest BCUT2D eigenvalue weighted by molar-refractivity contribution is 6.06. The van der Waals surface area contributed by atoms with E-state index in [0.717, 1.165) is 67.1 Å². The molecule has 0 saturated carbocycles. The van der Waals surface area contributed by atoms with Gasteiger partial charge in [0.2, 0.25) is 10.9 Å². The van der Waals surface area contributed by atoms with Gasteiger partial charge in [0.15, 0.2) is 5.58 Å². The fourth-order valence-corrected chi connectivity index (χ4v) is 3.96. The normalized spacial score (nSPS) is 12.4. The molecule has 11 heteroatoms. The molecule has 0 fully saturated rings. The van der Waals surface area contributed by atoms with Gasteiger partial charge in [-0.15, -0.1) is 0 Å².